The first-order chi connectivity index (χ1) is 12.8. The highest BCUT2D eigenvalue weighted by Crippen LogP contribution is 2.19. The number of esters is 1. The number of hydrogen-bond acceptors (Lipinski definition) is 6. The van der Waals surface area contributed by atoms with Gasteiger partial charge in [-0.25, -0.2) is 23.4 Å². The molecule has 3 N–H and O–H groups in total. The summed E-state index contributed by atoms with van der Waals surface area (Å²) in [5.41, 5.74) is 1.43. The number of halogens is 3. The number of benzene rings is 1. The first kappa shape index (κ1) is 19.9. The third kappa shape index (κ3) is 5.52. The molecular formula is C15H13F3N4O5. The molecule has 12 heteroatoms. The van der Waals surface area contributed by atoms with Crippen LogP contribution in [-0.2, 0) is 23.9 Å². The van der Waals surface area contributed by atoms with Gasteiger partial charge in [-0.15, -0.1) is 0 Å². The summed E-state index contributed by atoms with van der Waals surface area (Å²) in [7, 11) is 0. The highest BCUT2D eigenvalue weighted by Gasteiger charge is 2.20. The van der Waals surface area contributed by atoms with Crippen LogP contribution in [0.25, 0.3) is 0 Å². The number of rotatable bonds is 6. The molecule has 0 aromatic heterocycles. The van der Waals surface area contributed by atoms with Gasteiger partial charge in [0, 0.05) is 12.8 Å². The minimum Gasteiger partial charge on any atom is -0.451 e. The quantitative estimate of drug-likeness (QED) is 0.468. The molecule has 0 spiro atoms. The van der Waals surface area contributed by atoms with Crippen LogP contribution in [0.5, 0.6) is 0 Å². The van der Waals surface area contributed by atoms with Crippen LogP contribution in [0.2, 0.25) is 0 Å². The monoisotopic (exact) mass is 386 g/mol. The van der Waals surface area contributed by atoms with Crippen LogP contribution in [0.15, 0.2) is 17.2 Å². The molecule has 0 fully saturated rings. The van der Waals surface area contributed by atoms with Crippen LogP contribution in [-0.4, -0.2) is 42.6 Å². The molecule has 0 radical (unpaired) electrons. The second kappa shape index (κ2) is 8.78. The van der Waals surface area contributed by atoms with Crippen LogP contribution >= 0.6 is 0 Å². The second-order valence-electron chi connectivity index (χ2n) is 5.22. The summed E-state index contributed by atoms with van der Waals surface area (Å²) in [6, 6.07) is 1.45. The summed E-state index contributed by atoms with van der Waals surface area (Å²) in [4.78, 5) is 45.7. The van der Waals surface area contributed by atoms with E-state index in [1.807, 2.05) is 5.32 Å². The van der Waals surface area contributed by atoms with Crippen molar-refractivity contribution in [3.05, 3.63) is 29.6 Å². The van der Waals surface area contributed by atoms with E-state index in [9.17, 15) is 32.3 Å². The Morgan fingerprint density at radius 1 is 1.11 bits per heavy atom. The normalized spacial score (nSPS) is 13.3. The fourth-order valence-corrected chi connectivity index (χ4v) is 1.88. The maximum Gasteiger partial charge on any atom is 0.355 e. The molecule has 1 aliphatic rings. The van der Waals surface area contributed by atoms with Crippen molar-refractivity contribution in [2.24, 2.45) is 5.10 Å². The SMILES string of the molecule is O=C(COC(=O)C1=NNC(=O)CC1)NCC(=O)Nc1ccc(F)c(F)c1F. The molecule has 1 aromatic rings. The number of nitrogens with one attached hydrogen (secondary N) is 3. The molecule has 1 aromatic carbocycles. The van der Waals surface area contributed by atoms with Crippen molar-refractivity contribution in [1.82, 2.24) is 10.7 Å². The van der Waals surface area contributed by atoms with Gasteiger partial charge >= 0.3 is 5.97 Å². The molecule has 9 nitrogen and oxygen atoms in total. The summed E-state index contributed by atoms with van der Waals surface area (Å²) >= 11 is 0. The first-order valence-electron chi connectivity index (χ1n) is 7.50. The fraction of sp³-hybridized carbons (Fsp3) is 0.267. The molecule has 3 amide bonds. The van der Waals surface area contributed by atoms with Crippen molar-refractivity contribution in [3.63, 3.8) is 0 Å². The molecule has 1 heterocycles. The van der Waals surface area contributed by atoms with Crippen LogP contribution in [0, 0.1) is 17.5 Å². The third-order valence-corrected chi connectivity index (χ3v) is 3.23. The number of carbonyl (C=O) groups is 4. The van der Waals surface area contributed by atoms with Gasteiger partial charge in [-0.3, -0.25) is 14.4 Å². The van der Waals surface area contributed by atoms with Gasteiger partial charge in [-0.1, -0.05) is 0 Å². The summed E-state index contributed by atoms with van der Waals surface area (Å²) in [5.74, 6) is -7.76. The second-order valence-corrected chi connectivity index (χ2v) is 5.22. The molecule has 144 valence electrons. The molecule has 0 unspecified atom stereocenters. The molecule has 0 atom stereocenters. The summed E-state index contributed by atoms with van der Waals surface area (Å²) < 4.78 is 43.9. The smallest absolute Gasteiger partial charge is 0.355 e. The van der Waals surface area contributed by atoms with Gasteiger partial charge in [-0.05, 0) is 12.1 Å². The van der Waals surface area contributed by atoms with E-state index in [1.54, 1.807) is 0 Å². The van der Waals surface area contributed by atoms with Crippen molar-refractivity contribution in [2.45, 2.75) is 12.8 Å². The lowest BCUT2D eigenvalue weighted by atomic mass is 10.2. The molecule has 0 bridgehead atoms. The van der Waals surface area contributed by atoms with E-state index in [0.29, 0.717) is 6.07 Å². The number of amides is 3. The number of hydrazone groups is 1. The van der Waals surface area contributed by atoms with Gasteiger partial charge in [0.25, 0.3) is 5.91 Å². The minimum absolute atomic E-state index is 0.0564. The first-order valence-corrected chi connectivity index (χ1v) is 7.50. The Hall–Kier alpha value is -3.44. The molecule has 0 saturated heterocycles. The summed E-state index contributed by atoms with van der Waals surface area (Å²) in [5, 5.41) is 7.52. The number of carbonyl (C=O) groups excluding carboxylic acids is 4. The lowest BCUT2D eigenvalue weighted by Gasteiger charge is -2.11. The van der Waals surface area contributed by atoms with Crippen LogP contribution in [0.4, 0.5) is 18.9 Å². The van der Waals surface area contributed by atoms with Gasteiger partial charge in [0.05, 0.1) is 12.2 Å². The Morgan fingerprint density at radius 3 is 2.52 bits per heavy atom. The average molecular weight is 386 g/mol. The van der Waals surface area contributed by atoms with E-state index in [-0.39, 0.29) is 24.5 Å². The fourth-order valence-electron chi connectivity index (χ4n) is 1.88. The van der Waals surface area contributed by atoms with Crippen LogP contribution < -0.4 is 16.1 Å². The van der Waals surface area contributed by atoms with E-state index >= 15 is 0 Å². The van der Waals surface area contributed by atoms with E-state index in [0.717, 1.165) is 6.07 Å². The highest BCUT2D eigenvalue weighted by atomic mass is 19.2. The van der Waals surface area contributed by atoms with E-state index in [1.165, 1.54) is 0 Å². The number of ether oxygens (including phenoxy) is 1. The van der Waals surface area contributed by atoms with Crippen molar-refractivity contribution >= 4 is 35.1 Å². The standard InChI is InChI=1S/C15H13F3N4O5/c16-7-1-2-8(14(18)13(7)17)20-11(24)5-19-12(25)6-27-15(26)9-3-4-10(23)22-21-9/h1-2H,3-6H2,(H,19,25)(H,20,24)(H,22,23). The Labute approximate surface area is 149 Å². The topological polar surface area (TPSA) is 126 Å². The summed E-state index contributed by atoms with van der Waals surface area (Å²) in [6.07, 6.45) is 0.120. The zero-order valence-electron chi connectivity index (χ0n) is 13.6. The van der Waals surface area contributed by atoms with E-state index < -0.39 is 54.1 Å². The van der Waals surface area contributed by atoms with Gasteiger partial charge in [0.2, 0.25) is 11.8 Å². The van der Waals surface area contributed by atoms with Crippen molar-refractivity contribution in [2.75, 3.05) is 18.5 Å². The average Bonchev–Trinajstić information content (AvgIpc) is 2.65. The maximum atomic E-state index is 13.4. The zero-order valence-corrected chi connectivity index (χ0v) is 13.6. The molecule has 27 heavy (non-hydrogen) atoms. The van der Waals surface area contributed by atoms with Gasteiger partial charge in [0.15, 0.2) is 24.1 Å². The number of hydrogen-bond donors (Lipinski definition) is 3. The Morgan fingerprint density at radius 2 is 1.85 bits per heavy atom. The van der Waals surface area contributed by atoms with Crippen LogP contribution in [0.1, 0.15) is 12.8 Å². The van der Waals surface area contributed by atoms with Crippen molar-refractivity contribution < 1.29 is 37.1 Å². The predicted octanol–water partition coefficient (Wildman–Crippen LogP) is -0.0322. The maximum absolute atomic E-state index is 13.4. The molecular weight excluding hydrogens is 373 g/mol. The largest absolute Gasteiger partial charge is 0.451 e. The van der Waals surface area contributed by atoms with Gasteiger partial charge in [-0.2, -0.15) is 5.10 Å². The lowest BCUT2D eigenvalue weighted by molar-refractivity contribution is -0.142. The Kier molecular flexibility index (Phi) is 6.46. The Balaban J connectivity index is 1.75. The minimum atomic E-state index is -1.74. The predicted molar refractivity (Wildman–Crippen MR) is 83.7 cm³/mol. The van der Waals surface area contributed by atoms with Crippen molar-refractivity contribution in [1.29, 1.82) is 0 Å². The number of anilines is 1. The van der Waals surface area contributed by atoms with Gasteiger partial charge < -0.3 is 15.4 Å². The lowest BCUT2D eigenvalue weighted by Crippen LogP contribution is -2.37. The summed E-state index contributed by atoms with van der Waals surface area (Å²) in [6.45, 7) is -1.36. The van der Waals surface area contributed by atoms with Crippen molar-refractivity contribution in [3.8, 4) is 0 Å². The van der Waals surface area contributed by atoms with E-state index in [2.05, 4.69) is 20.6 Å². The highest BCUT2D eigenvalue weighted by molar-refractivity contribution is 6.37. The molecule has 0 aliphatic carbocycles. The zero-order chi connectivity index (χ0) is 20.0. The molecule has 0 saturated carbocycles. The van der Waals surface area contributed by atoms with E-state index in [4.69, 9.17) is 0 Å². The molecule has 1 aliphatic heterocycles. The molecule has 2 rings (SSSR count). The number of nitrogens with zero attached hydrogens (tertiary/aromatic N) is 1. The Bertz CT molecular complexity index is 828. The van der Waals surface area contributed by atoms with Gasteiger partial charge in [0.1, 0.15) is 5.71 Å². The third-order valence-electron chi connectivity index (χ3n) is 3.23. The van der Waals surface area contributed by atoms with Crippen LogP contribution in [0.3, 0.4) is 0 Å².